The van der Waals surface area contributed by atoms with Gasteiger partial charge in [0.25, 0.3) is 0 Å². The fourth-order valence-corrected chi connectivity index (χ4v) is 3.33. The Morgan fingerprint density at radius 1 is 0.696 bits per heavy atom. The molecule has 0 aromatic heterocycles. The number of hydrogen-bond acceptors (Lipinski definition) is 3. The Morgan fingerprint density at radius 3 is 1.61 bits per heavy atom. The predicted octanol–water partition coefficient (Wildman–Crippen LogP) is 4.85. The van der Waals surface area contributed by atoms with Crippen LogP contribution in [0.2, 0.25) is 0 Å². The molecule has 3 nitrogen and oxygen atoms in total. The second kappa shape index (κ2) is 15.4. The van der Waals surface area contributed by atoms with Gasteiger partial charge in [-0.05, 0) is 51.6 Å². The predicted molar refractivity (Wildman–Crippen MR) is 103 cm³/mol. The zero-order valence-electron chi connectivity index (χ0n) is 16.9. The molecule has 3 rings (SSSR count). The molecule has 2 aliphatic heterocycles. The van der Waals surface area contributed by atoms with Crippen molar-refractivity contribution in [3.63, 3.8) is 0 Å². The van der Waals surface area contributed by atoms with Crippen LogP contribution >= 0.6 is 0 Å². The highest BCUT2D eigenvalue weighted by atomic mass is 16.5. The van der Waals surface area contributed by atoms with Crippen molar-refractivity contribution in [2.24, 2.45) is 0 Å². The smallest absolute Gasteiger partial charge is 0.0603 e. The van der Waals surface area contributed by atoms with Crippen molar-refractivity contribution in [3.05, 3.63) is 0 Å². The van der Waals surface area contributed by atoms with E-state index in [4.69, 9.17) is 4.74 Å². The van der Waals surface area contributed by atoms with E-state index in [0.717, 1.165) is 19.1 Å². The summed E-state index contributed by atoms with van der Waals surface area (Å²) in [4.78, 5) is 2.70. The summed E-state index contributed by atoms with van der Waals surface area (Å²) in [5.74, 6) is 0. The second-order valence-electron chi connectivity index (χ2n) is 5.91. The van der Waals surface area contributed by atoms with E-state index in [9.17, 15) is 0 Å². The largest absolute Gasteiger partial charge is 0.375 e. The highest BCUT2D eigenvalue weighted by Gasteiger charge is 2.30. The Labute approximate surface area is 146 Å². The monoisotopic (exact) mass is 328 g/mol. The highest BCUT2D eigenvalue weighted by molar-refractivity contribution is 4.84. The van der Waals surface area contributed by atoms with Crippen LogP contribution in [0.25, 0.3) is 0 Å². The minimum Gasteiger partial charge on any atom is -0.375 e. The molecule has 2 heterocycles. The molecule has 0 radical (unpaired) electrons. The lowest BCUT2D eigenvalue weighted by atomic mass is 9.89. The minimum atomic E-state index is 0.538. The number of hydrogen-bond donors (Lipinski definition) is 1. The Hall–Kier alpha value is -0.120. The summed E-state index contributed by atoms with van der Waals surface area (Å²) < 4.78 is 6.25. The first kappa shape index (κ1) is 22.9. The molecule has 1 saturated carbocycles. The van der Waals surface area contributed by atoms with Crippen LogP contribution in [0.4, 0.5) is 0 Å². The third-order valence-corrected chi connectivity index (χ3v) is 4.74. The van der Waals surface area contributed by atoms with E-state index < -0.39 is 0 Å². The molecule has 140 valence electrons. The Morgan fingerprint density at radius 2 is 1.17 bits per heavy atom. The lowest BCUT2D eigenvalue weighted by molar-refractivity contribution is -0.0617. The first-order valence-electron chi connectivity index (χ1n) is 10.5. The summed E-state index contributed by atoms with van der Waals surface area (Å²) in [5.41, 5.74) is 0. The van der Waals surface area contributed by atoms with Gasteiger partial charge >= 0.3 is 0 Å². The van der Waals surface area contributed by atoms with Crippen molar-refractivity contribution >= 4 is 0 Å². The third kappa shape index (κ3) is 8.51. The van der Waals surface area contributed by atoms with Crippen molar-refractivity contribution in [3.8, 4) is 0 Å². The van der Waals surface area contributed by atoms with Gasteiger partial charge in [0, 0.05) is 19.1 Å². The van der Waals surface area contributed by atoms with Gasteiger partial charge in [-0.25, -0.2) is 0 Å². The zero-order valence-corrected chi connectivity index (χ0v) is 16.9. The summed E-state index contributed by atoms with van der Waals surface area (Å²) in [6.45, 7) is 16.8. The first-order chi connectivity index (χ1) is 11.4. The van der Waals surface area contributed by atoms with Crippen LogP contribution in [-0.2, 0) is 4.74 Å². The lowest BCUT2D eigenvalue weighted by Gasteiger charge is -2.42. The normalized spacial score (nSPS) is 23.2. The van der Waals surface area contributed by atoms with E-state index in [-0.39, 0.29) is 0 Å². The number of nitrogens with zero attached hydrogens (tertiary/aromatic N) is 1. The summed E-state index contributed by atoms with van der Waals surface area (Å²) in [7, 11) is 0. The molecule has 3 heteroatoms. The van der Waals surface area contributed by atoms with Crippen molar-refractivity contribution in [2.45, 2.75) is 105 Å². The Bertz CT molecular complexity index is 230. The maximum Gasteiger partial charge on any atom is 0.0603 e. The van der Waals surface area contributed by atoms with Crippen molar-refractivity contribution in [1.29, 1.82) is 0 Å². The van der Waals surface area contributed by atoms with Crippen LogP contribution in [0, 0.1) is 0 Å². The molecule has 1 N–H and O–H groups in total. The number of rotatable bonds is 3. The number of nitrogens with one attached hydrogen (secondary N) is 1. The Kier molecular flexibility index (Phi) is 15.3. The van der Waals surface area contributed by atoms with E-state index in [1.54, 1.807) is 0 Å². The van der Waals surface area contributed by atoms with Crippen molar-refractivity contribution < 1.29 is 4.74 Å². The average molecular weight is 329 g/mol. The highest BCUT2D eigenvalue weighted by Crippen LogP contribution is 2.28. The molecule has 0 aromatic rings. The van der Waals surface area contributed by atoms with Gasteiger partial charge in [-0.2, -0.15) is 0 Å². The summed E-state index contributed by atoms with van der Waals surface area (Å²) in [6.07, 6.45) is 10.4. The van der Waals surface area contributed by atoms with Crippen LogP contribution in [0.5, 0.6) is 0 Å². The van der Waals surface area contributed by atoms with Gasteiger partial charge in [0.2, 0.25) is 0 Å². The molecule has 3 fully saturated rings. The van der Waals surface area contributed by atoms with E-state index in [2.05, 4.69) is 10.2 Å². The lowest BCUT2D eigenvalue weighted by Crippen LogP contribution is -2.47. The van der Waals surface area contributed by atoms with Gasteiger partial charge in [-0.3, -0.25) is 0 Å². The van der Waals surface area contributed by atoms with Gasteiger partial charge in [0.15, 0.2) is 0 Å². The van der Waals surface area contributed by atoms with Gasteiger partial charge in [0.05, 0.1) is 12.2 Å². The fourth-order valence-electron chi connectivity index (χ4n) is 3.33. The molecule has 23 heavy (non-hydrogen) atoms. The molecule has 0 aromatic carbocycles. The number of likely N-dealkylation sites (tertiary alicyclic amines) is 1. The summed E-state index contributed by atoms with van der Waals surface area (Å²) in [6, 6.07) is 0.926. The number of piperidine rings is 2. The van der Waals surface area contributed by atoms with E-state index >= 15 is 0 Å². The first-order valence-corrected chi connectivity index (χ1v) is 10.5. The third-order valence-electron chi connectivity index (χ3n) is 4.74. The Balaban J connectivity index is 0.000000728. The van der Waals surface area contributed by atoms with Crippen molar-refractivity contribution in [2.75, 3.05) is 26.2 Å². The summed E-state index contributed by atoms with van der Waals surface area (Å²) >= 11 is 0. The maximum atomic E-state index is 6.25. The molecule has 0 unspecified atom stereocenters. The summed E-state index contributed by atoms with van der Waals surface area (Å²) in [5, 5.41) is 3.40. The second-order valence-corrected chi connectivity index (χ2v) is 5.91. The molecule has 3 aliphatic rings. The zero-order chi connectivity index (χ0) is 17.5. The van der Waals surface area contributed by atoms with Crippen molar-refractivity contribution in [1.82, 2.24) is 10.2 Å². The van der Waals surface area contributed by atoms with Gasteiger partial charge in [-0.15, -0.1) is 0 Å². The van der Waals surface area contributed by atoms with Crippen LogP contribution in [0.15, 0.2) is 0 Å². The molecular weight excluding hydrogens is 284 g/mol. The molecular formula is C20H44N2O. The van der Waals surface area contributed by atoms with Crippen LogP contribution < -0.4 is 5.32 Å². The topological polar surface area (TPSA) is 24.5 Å². The van der Waals surface area contributed by atoms with Gasteiger partial charge in [-0.1, -0.05) is 48.0 Å². The molecule has 0 bridgehead atoms. The van der Waals surface area contributed by atoms with Crippen LogP contribution in [-0.4, -0.2) is 49.3 Å². The van der Waals surface area contributed by atoms with Gasteiger partial charge in [0.1, 0.15) is 0 Å². The van der Waals surface area contributed by atoms with E-state index in [0.29, 0.717) is 12.2 Å². The van der Waals surface area contributed by atoms with Gasteiger partial charge < -0.3 is 15.0 Å². The molecule has 1 aliphatic carbocycles. The van der Waals surface area contributed by atoms with Crippen LogP contribution in [0.3, 0.4) is 0 Å². The molecule has 0 spiro atoms. The van der Waals surface area contributed by atoms with Crippen LogP contribution in [0.1, 0.15) is 86.5 Å². The standard InChI is InChI=1S/C14H26N2O.3C2H6/c1-2-12(3-1)16-10-6-14(7-11-16)17-13-4-8-15-9-5-13;3*1-2/h12-15H,1-11H2;3*1-2H3. The molecule has 0 amide bonds. The fraction of sp³-hybridized carbons (Fsp3) is 1.00. The SMILES string of the molecule is C1CC(N2CCC(OC3CCNCC3)CC2)C1.CC.CC.CC. The maximum absolute atomic E-state index is 6.25. The average Bonchev–Trinajstić information content (AvgIpc) is 2.61. The minimum absolute atomic E-state index is 0.538. The quantitative estimate of drug-likeness (QED) is 0.801. The molecule has 2 saturated heterocycles. The van der Waals surface area contributed by atoms with E-state index in [1.807, 2.05) is 41.5 Å². The molecule has 0 atom stereocenters. The number of ether oxygens (including phenoxy) is 1. The van der Waals surface area contributed by atoms with E-state index in [1.165, 1.54) is 58.0 Å².